The molecule has 174 valence electrons. The first kappa shape index (κ1) is 25.7. The molecular weight excluding hydrogens is 489 g/mol. The Kier molecular flexibility index (Phi) is 11.8. The molecule has 2 atom stereocenters. The van der Waals surface area contributed by atoms with Crippen LogP contribution >= 0.6 is 24.0 Å². The van der Waals surface area contributed by atoms with Crippen LogP contribution in [-0.4, -0.2) is 73.5 Å². The lowest BCUT2D eigenvalue weighted by Crippen LogP contribution is -2.45. The van der Waals surface area contributed by atoms with Gasteiger partial charge >= 0.3 is 0 Å². The molecule has 3 fully saturated rings. The van der Waals surface area contributed by atoms with Gasteiger partial charge in [-0.15, -0.1) is 24.0 Å². The van der Waals surface area contributed by atoms with E-state index in [4.69, 9.17) is 4.99 Å². The molecule has 0 bridgehead atoms. The Morgan fingerprint density at radius 2 is 1.83 bits per heavy atom. The van der Waals surface area contributed by atoms with Crippen molar-refractivity contribution >= 4 is 35.8 Å². The van der Waals surface area contributed by atoms with Gasteiger partial charge in [-0.2, -0.15) is 0 Å². The van der Waals surface area contributed by atoms with E-state index in [2.05, 4.69) is 34.3 Å². The van der Waals surface area contributed by atoms with Crippen LogP contribution in [0.1, 0.15) is 71.6 Å². The first-order chi connectivity index (χ1) is 14.2. The van der Waals surface area contributed by atoms with E-state index < -0.39 is 0 Å². The SMILES string of the molecule is CCNC(=NCCCN1CCCC(C)C1)NC1CCN(C(=O)C2CCCCC2)C1.I. The summed E-state index contributed by atoms with van der Waals surface area (Å²) >= 11 is 0. The van der Waals surface area contributed by atoms with E-state index in [1.807, 2.05) is 0 Å². The predicted molar refractivity (Wildman–Crippen MR) is 136 cm³/mol. The summed E-state index contributed by atoms with van der Waals surface area (Å²) in [6, 6.07) is 0.322. The minimum absolute atomic E-state index is 0. The maximum Gasteiger partial charge on any atom is 0.225 e. The topological polar surface area (TPSA) is 60.0 Å². The van der Waals surface area contributed by atoms with Crippen molar-refractivity contribution in [1.29, 1.82) is 0 Å². The number of aliphatic imine (C=N–C) groups is 1. The number of rotatable bonds is 7. The van der Waals surface area contributed by atoms with Crippen molar-refractivity contribution in [1.82, 2.24) is 20.4 Å². The van der Waals surface area contributed by atoms with Crippen LogP contribution in [0.15, 0.2) is 4.99 Å². The van der Waals surface area contributed by atoms with Crippen LogP contribution in [0.2, 0.25) is 0 Å². The fourth-order valence-corrected chi connectivity index (χ4v) is 5.17. The molecule has 6 nitrogen and oxygen atoms in total. The highest BCUT2D eigenvalue weighted by molar-refractivity contribution is 14.0. The van der Waals surface area contributed by atoms with E-state index in [9.17, 15) is 4.79 Å². The van der Waals surface area contributed by atoms with Crippen molar-refractivity contribution in [2.24, 2.45) is 16.8 Å². The summed E-state index contributed by atoms with van der Waals surface area (Å²) in [5.41, 5.74) is 0. The smallest absolute Gasteiger partial charge is 0.225 e. The lowest BCUT2D eigenvalue weighted by molar-refractivity contribution is -0.135. The number of likely N-dealkylation sites (tertiary alicyclic amines) is 2. The van der Waals surface area contributed by atoms with Gasteiger partial charge in [0, 0.05) is 44.7 Å². The van der Waals surface area contributed by atoms with Gasteiger partial charge in [-0.05, 0) is 64.5 Å². The summed E-state index contributed by atoms with van der Waals surface area (Å²) in [5.74, 6) is 2.43. The van der Waals surface area contributed by atoms with Crippen LogP contribution in [0.5, 0.6) is 0 Å². The van der Waals surface area contributed by atoms with Crippen molar-refractivity contribution in [2.45, 2.75) is 77.7 Å². The van der Waals surface area contributed by atoms with Crippen LogP contribution < -0.4 is 10.6 Å². The molecule has 30 heavy (non-hydrogen) atoms. The second kappa shape index (κ2) is 13.8. The van der Waals surface area contributed by atoms with E-state index in [0.29, 0.717) is 11.9 Å². The normalized spacial score (nSPS) is 26.3. The fraction of sp³-hybridized carbons (Fsp3) is 0.913. The maximum atomic E-state index is 12.8. The number of nitrogens with one attached hydrogen (secondary N) is 2. The van der Waals surface area contributed by atoms with Crippen molar-refractivity contribution in [3.05, 3.63) is 0 Å². The highest BCUT2D eigenvalue weighted by atomic mass is 127. The second-order valence-corrected chi connectivity index (χ2v) is 9.41. The minimum Gasteiger partial charge on any atom is -0.357 e. The number of carbonyl (C=O) groups is 1. The number of halogens is 1. The van der Waals surface area contributed by atoms with Crippen molar-refractivity contribution in [3.63, 3.8) is 0 Å². The van der Waals surface area contributed by atoms with Crippen LogP contribution in [0.3, 0.4) is 0 Å². The van der Waals surface area contributed by atoms with E-state index in [-0.39, 0.29) is 29.9 Å². The Balaban J connectivity index is 0.00000320. The molecular formula is C23H44IN5O. The van der Waals surface area contributed by atoms with E-state index in [1.165, 1.54) is 45.2 Å². The van der Waals surface area contributed by atoms with Gasteiger partial charge < -0.3 is 20.4 Å². The molecule has 2 aliphatic heterocycles. The molecule has 0 radical (unpaired) electrons. The fourth-order valence-electron chi connectivity index (χ4n) is 5.17. The molecule has 1 saturated carbocycles. The summed E-state index contributed by atoms with van der Waals surface area (Å²) in [6.45, 7) is 11.6. The zero-order valence-electron chi connectivity index (χ0n) is 19.2. The van der Waals surface area contributed by atoms with Crippen molar-refractivity contribution in [2.75, 3.05) is 45.8 Å². The number of piperidine rings is 1. The lowest BCUT2D eigenvalue weighted by atomic mass is 9.88. The van der Waals surface area contributed by atoms with Gasteiger partial charge in [-0.3, -0.25) is 9.79 Å². The monoisotopic (exact) mass is 533 g/mol. The van der Waals surface area contributed by atoms with E-state index in [0.717, 1.165) is 70.3 Å². The molecule has 0 aromatic carbocycles. The molecule has 3 rings (SSSR count). The van der Waals surface area contributed by atoms with Crippen LogP contribution in [-0.2, 0) is 4.79 Å². The molecule has 2 heterocycles. The molecule has 2 saturated heterocycles. The quantitative estimate of drug-likeness (QED) is 0.228. The molecule has 1 aliphatic carbocycles. The third-order valence-electron chi connectivity index (χ3n) is 6.78. The molecule has 2 unspecified atom stereocenters. The zero-order valence-corrected chi connectivity index (χ0v) is 21.5. The van der Waals surface area contributed by atoms with Crippen molar-refractivity contribution in [3.8, 4) is 0 Å². The Morgan fingerprint density at radius 3 is 2.57 bits per heavy atom. The van der Waals surface area contributed by atoms with Gasteiger partial charge in [0.05, 0.1) is 0 Å². The first-order valence-corrected chi connectivity index (χ1v) is 12.2. The molecule has 0 spiro atoms. The third-order valence-corrected chi connectivity index (χ3v) is 6.78. The summed E-state index contributed by atoms with van der Waals surface area (Å²) in [4.78, 5) is 22.3. The Morgan fingerprint density at radius 1 is 1.03 bits per heavy atom. The number of guanidine groups is 1. The molecule has 0 aromatic rings. The summed E-state index contributed by atoms with van der Waals surface area (Å²) in [6.07, 6.45) is 10.8. The predicted octanol–water partition coefficient (Wildman–Crippen LogP) is 3.46. The molecule has 1 amide bonds. The number of carbonyl (C=O) groups excluding carboxylic acids is 1. The number of hydrogen-bond donors (Lipinski definition) is 2. The number of nitrogens with zero attached hydrogens (tertiary/aromatic N) is 3. The van der Waals surface area contributed by atoms with Gasteiger partial charge in [0.25, 0.3) is 0 Å². The number of amides is 1. The Bertz CT molecular complexity index is 538. The molecule has 7 heteroatoms. The van der Waals surface area contributed by atoms with Crippen LogP contribution in [0, 0.1) is 11.8 Å². The second-order valence-electron chi connectivity index (χ2n) is 9.41. The minimum atomic E-state index is 0. The zero-order chi connectivity index (χ0) is 20.5. The first-order valence-electron chi connectivity index (χ1n) is 12.2. The average molecular weight is 534 g/mol. The third kappa shape index (κ3) is 8.17. The largest absolute Gasteiger partial charge is 0.357 e. The molecule has 0 aromatic heterocycles. The van der Waals surface area contributed by atoms with Gasteiger partial charge in [-0.25, -0.2) is 0 Å². The maximum absolute atomic E-state index is 12.8. The highest BCUT2D eigenvalue weighted by Crippen LogP contribution is 2.26. The Hall–Kier alpha value is -0.570. The Labute approximate surface area is 201 Å². The average Bonchev–Trinajstić information content (AvgIpc) is 3.20. The van der Waals surface area contributed by atoms with E-state index >= 15 is 0 Å². The van der Waals surface area contributed by atoms with E-state index in [1.54, 1.807) is 0 Å². The van der Waals surface area contributed by atoms with Gasteiger partial charge in [0.15, 0.2) is 5.96 Å². The van der Waals surface area contributed by atoms with Gasteiger partial charge in [0.2, 0.25) is 5.91 Å². The highest BCUT2D eigenvalue weighted by Gasteiger charge is 2.31. The summed E-state index contributed by atoms with van der Waals surface area (Å²) in [7, 11) is 0. The summed E-state index contributed by atoms with van der Waals surface area (Å²) < 4.78 is 0. The molecule has 2 N–H and O–H groups in total. The standard InChI is InChI=1S/C23H43N5O.HI/c1-3-24-23(25-13-8-15-27-14-7-9-19(2)17-27)26-21-12-16-28(18-21)22(29)20-10-5-4-6-11-20;/h19-21H,3-18H2,1-2H3,(H2,24,25,26);1H. The van der Waals surface area contributed by atoms with Crippen LogP contribution in [0.25, 0.3) is 0 Å². The molecule has 3 aliphatic rings. The summed E-state index contributed by atoms with van der Waals surface area (Å²) in [5, 5.41) is 6.97. The van der Waals surface area contributed by atoms with Crippen molar-refractivity contribution < 1.29 is 4.79 Å². The number of hydrogen-bond acceptors (Lipinski definition) is 3. The van der Waals surface area contributed by atoms with Gasteiger partial charge in [0.1, 0.15) is 0 Å². The van der Waals surface area contributed by atoms with Crippen LogP contribution in [0.4, 0.5) is 0 Å². The van der Waals surface area contributed by atoms with Gasteiger partial charge in [-0.1, -0.05) is 26.2 Å². The lowest BCUT2D eigenvalue weighted by Gasteiger charge is -2.30.